The molecule has 2 rings (SSSR count). The van der Waals surface area contributed by atoms with E-state index in [9.17, 15) is 14.4 Å². The molecule has 0 saturated heterocycles. The molecule has 1 fully saturated rings. The highest BCUT2D eigenvalue weighted by atomic mass is 16.6. The molecule has 1 aliphatic rings. The first-order chi connectivity index (χ1) is 16.1. The average Bonchev–Trinajstić information content (AvgIpc) is 2.79. The van der Waals surface area contributed by atoms with E-state index in [0.29, 0.717) is 6.54 Å². The van der Waals surface area contributed by atoms with Crippen LogP contribution < -0.4 is 10.6 Å². The Morgan fingerprint density at radius 1 is 1.21 bits per heavy atom. The van der Waals surface area contributed by atoms with Crippen LogP contribution in [0.4, 0.5) is 4.79 Å². The molecule has 2 N–H and O–H groups in total. The van der Waals surface area contributed by atoms with Crippen molar-refractivity contribution in [3.05, 3.63) is 42.0 Å². The van der Waals surface area contributed by atoms with Gasteiger partial charge in [-0.05, 0) is 57.2 Å². The molecule has 1 saturated carbocycles. The highest BCUT2D eigenvalue weighted by Gasteiger charge is 2.33. The Kier molecular flexibility index (Phi) is 10.6. The smallest absolute Gasteiger partial charge is 0.408 e. The van der Waals surface area contributed by atoms with Crippen LogP contribution in [0.2, 0.25) is 0 Å². The van der Waals surface area contributed by atoms with Gasteiger partial charge < -0.3 is 20.3 Å². The molecule has 0 spiro atoms. The van der Waals surface area contributed by atoms with Crippen LogP contribution in [0, 0.1) is 0 Å². The molecular formula is C27H41N3O4. The van der Waals surface area contributed by atoms with Crippen LogP contribution >= 0.6 is 0 Å². The van der Waals surface area contributed by atoms with Crippen molar-refractivity contribution in [2.45, 2.75) is 90.3 Å². The van der Waals surface area contributed by atoms with Gasteiger partial charge in [-0.15, -0.1) is 0 Å². The monoisotopic (exact) mass is 471 g/mol. The van der Waals surface area contributed by atoms with E-state index in [1.807, 2.05) is 31.2 Å². The second-order valence-corrected chi connectivity index (χ2v) is 9.92. The fourth-order valence-electron chi connectivity index (χ4n) is 4.15. The summed E-state index contributed by atoms with van der Waals surface area (Å²) < 4.78 is 5.26. The lowest BCUT2D eigenvalue weighted by molar-refractivity contribution is -0.140. The molecule has 1 aromatic rings. The number of nitrogens with zero attached hydrogens (tertiary/aromatic N) is 1. The molecule has 188 valence electrons. The topological polar surface area (TPSA) is 87.7 Å². The fourth-order valence-corrected chi connectivity index (χ4v) is 4.15. The van der Waals surface area contributed by atoms with Crippen molar-refractivity contribution < 1.29 is 19.1 Å². The zero-order valence-corrected chi connectivity index (χ0v) is 21.2. The van der Waals surface area contributed by atoms with Gasteiger partial charge in [0.25, 0.3) is 0 Å². The third-order valence-corrected chi connectivity index (χ3v) is 5.83. The Morgan fingerprint density at radius 3 is 2.53 bits per heavy atom. The van der Waals surface area contributed by atoms with Crippen molar-refractivity contribution in [3.63, 3.8) is 0 Å². The molecule has 7 heteroatoms. The van der Waals surface area contributed by atoms with Crippen molar-refractivity contribution in [1.82, 2.24) is 15.5 Å². The van der Waals surface area contributed by atoms with Gasteiger partial charge in [0.2, 0.25) is 11.8 Å². The van der Waals surface area contributed by atoms with E-state index >= 15 is 0 Å². The van der Waals surface area contributed by atoms with Gasteiger partial charge in [-0.2, -0.15) is 0 Å². The Bertz CT molecular complexity index is 841. The van der Waals surface area contributed by atoms with Crippen molar-refractivity contribution in [3.8, 4) is 0 Å². The first-order valence-corrected chi connectivity index (χ1v) is 12.4. The third-order valence-electron chi connectivity index (χ3n) is 5.83. The third kappa shape index (κ3) is 8.84. The molecule has 1 aromatic carbocycles. The zero-order chi connectivity index (χ0) is 25.1. The van der Waals surface area contributed by atoms with E-state index in [-0.39, 0.29) is 24.4 Å². The number of hydrogen-bond acceptors (Lipinski definition) is 4. The van der Waals surface area contributed by atoms with E-state index in [2.05, 4.69) is 17.2 Å². The van der Waals surface area contributed by atoms with Crippen molar-refractivity contribution in [1.29, 1.82) is 0 Å². The number of carbonyl (C=O) groups excluding carboxylic acids is 3. The summed E-state index contributed by atoms with van der Waals surface area (Å²) in [5.74, 6) is -0.512. The van der Waals surface area contributed by atoms with Gasteiger partial charge in [0, 0.05) is 12.6 Å². The Morgan fingerprint density at radius 2 is 1.91 bits per heavy atom. The van der Waals surface area contributed by atoms with E-state index in [0.717, 1.165) is 49.7 Å². The summed E-state index contributed by atoms with van der Waals surface area (Å²) in [6.45, 7) is 11.3. The highest BCUT2D eigenvalue weighted by Crippen LogP contribution is 2.25. The summed E-state index contributed by atoms with van der Waals surface area (Å²) in [7, 11) is 0. The summed E-state index contributed by atoms with van der Waals surface area (Å²) in [6, 6.07) is 6.87. The van der Waals surface area contributed by atoms with E-state index in [4.69, 9.17) is 4.74 Å². The van der Waals surface area contributed by atoms with Crippen LogP contribution in [0.1, 0.15) is 89.8 Å². The highest BCUT2D eigenvalue weighted by molar-refractivity contribution is 5.90. The van der Waals surface area contributed by atoms with Crippen molar-refractivity contribution >= 4 is 24.0 Å². The number of rotatable bonds is 10. The number of nitrogens with one attached hydrogen (secondary N) is 2. The molecule has 34 heavy (non-hydrogen) atoms. The number of hydrogen-bond donors (Lipinski definition) is 2. The SMILES string of the molecule is C=Cc1cccc(C(C(=O)NC2CCCCC2)N(CCCC)C(=O)CNC(=O)OC(C)(C)C)c1. The van der Waals surface area contributed by atoms with Gasteiger partial charge in [0.05, 0.1) is 0 Å². The Hall–Kier alpha value is -2.83. The molecule has 1 unspecified atom stereocenters. The summed E-state index contributed by atoms with van der Waals surface area (Å²) in [5, 5.41) is 5.74. The lowest BCUT2D eigenvalue weighted by Gasteiger charge is -2.33. The maximum absolute atomic E-state index is 13.6. The lowest BCUT2D eigenvalue weighted by atomic mass is 9.94. The molecule has 0 aliphatic heterocycles. The standard InChI is InChI=1S/C27H41N3O4/c1-6-8-17-30(23(31)19-28-26(33)34-27(3,4)5)24(21-14-12-13-20(7-2)18-21)25(32)29-22-15-10-9-11-16-22/h7,12-14,18,22,24H,2,6,8-11,15-17,19H2,1,3-5H3,(H,28,33)(H,29,32). The summed E-state index contributed by atoms with van der Waals surface area (Å²) in [5.41, 5.74) is 0.943. The number of unbranched alkanes of at least 4 members (excludes halogenated alkanes) is 1. The first kappa shape index (κ1) is 27.4. The minimum atomic E-state index is -0.790. The van der Waals surface area contributed by atoms with Crippen LogP contribution in [0.5, 0.6) is 0 Å². The number of amides is 3. The molecule has 1 atom stereocenters. The summed E-state index contributed by atoms with van der Waals surface area (Å²) in [4.78, 5) is 40.7. The van der Waals surface area contributed by atoms with Gasteiger partial charge in [-0.1, -0.05) is 63.5 Å². The molecule has 0 heterocycles. The van der Waals surface area contributed by atoms with Crippen molar-refractivity contribution in [2.24, 2.45) is 0 Å². The van der Waals surface area contributed by atoms with E-state index < -0.39 is 17.7 Å². The predicted molar refractivity (Wildman–Crippen MR) is 135 cm³/mol. The average molecular weight is 472 g/mol. The van der Waals surface area contributed by atoms with Crippen LogP contribution in [0.25, 0.3) is 6.08 Å². The maximum Gasteiger partial charge on any atom is 0.408 e. The maximum atomic E-state index is 13.6. The molecule has 0 aromatic heterocycles. The van der Waals surface area contributed by atoms with Crippen LogP contribution in [0.15, 0.2) is 30.8 Å². The molecule has 0 bridgehead atoms. The largest absolute Gasteiger partial charge is 0.444 e. The van der Waals surface area contributed by atoms with E-state index in [1.165, 1.54) is 6.42 Å². The molecule has 7 nitrogen and oxygen atoms in total. The normalized spacial score (nSPS) is 15.2. The number of alkyl carbamates (subject to hydrolysis) is 1. The predicted octanol–water partition coefficient (Wildman–Crippen LogP) is 4.97. The molecular weight excluding hydrogens is 430 g/mol. The number of benzene rings is 1. The second-order valence-electron chi connectivity index (χ2n) is 9.92. The Labute approximate surface area is 204 Å². The van der Waals surface area contributed by atoms with Gasteiger partial charge in [-0.3, -0.25) is 9.59 Å². The van der Waals surface area contributed by atoms with Gasteiger partial charge in [-0.25, -0.2) is 4.79 Å². The van der Waals surface area contributed by atoms with Gasteiger partial charge >= 0.3 is 6.09 Å². The fraction of sp³-hybridized carbons (Fsp3) is 0.593. The number of ether oxygens (including phenoxy) is 1. The zero-order valence-electron chi connectivity index (χ0n) is 21.2. The first-order valence-electron chi connectivity index (χ1n) is 12.4. The van der Waals surface area contributed by atoms with Crippen molar-refractivity contribution in [2.75, 3.05) is 13.1 Å². The Balaban J connectivity index is 2.29. The van der Waals surface area contributed by atoms with Crippen LogP contribution in [-0.2, 0) is 14.3 Å². The molecule has 1 aliphatic carbocycles. The number of carbonyl (C=O) groups is 3. The van der Waals surface area contributed by atoms with Gasteiger partial charge in [0.1, 0.15) is 18.2 Å². The second kappa shape index (κ2) is 13.2. The minimum absolute atomic E-state index is 0.120. The summed E-state index contributed by atoms with van der Waals surface area (Å²) >= 11 is 0. The van der Waals surface area contributed by atoms with Gasteiger partial charge in [0.15, 0.2) is 0 Å². The molecule has 3 amide bonds. The van der Waals surface area contributed by atoms with E-state index in [1.54, 1.807) is 31.7 Å². The lowest BCUT2D eigenvalue weighted by Crippen LogP contribution is -2.50. The molecule has 0 radical (unpaired) electrons. The quantitative estimate of drug-likeness (QED) is 0.504. The van der Waals surface area contributed by atoms with Crippen LogP contribution in [-0.4, -0.2) is 47.5 Å². The van der Waals surface area contributed by atoms with Crippen LogP contribution in [0.3, 0.4) is 0 Å². The summed E-state index contributed by atoms with van der Waals surface area (Å²) in [6.07, 6.45) is 7.96. The minimum Gasteiger partial charge on any atom is -0.444 e.